The summed E-state index contributed by atoms with van der Waals surface area (Å²) in [6.07, 6.45) is 1.45. The number of anilines is 1. The fourth-order valence-corrected chi connectivity index (χ4v) is 2.70. The normalized spacial score (nSPS) is 10.5. The molecule has 25 heavy (non-hydrogen) atoms. The molecule has 0 fully saturated rings. The van der Waals surface area contributed by atoms with E-state index in [1.165, 1.54) is 13.3 Å². The Morgan fingerprint density at radius 1 is 1.32 bits per heavy atom. The molecule has 0 saturated carbocycles. The Kier molecular flexibility index (Phi) is 3.94. The Labute approximate surface area is 142 Å². The second-order valence-corrected chi connectivity index (χ2v) is 5.39. The van der Waals surface area contributed by atoms with Crippen LogP contribution in [0.4, 0.5) is 5.82 Å². The second kappa shape index (κ2) is 6.09. The molecule has 0 aliphatic rings. The minimum absolute atomic E-state index is 0.0621. The first kappa shape index (κ1) is 16.2. The molecular formula is C16H15N7O2. The number of nitrogens with one attached hydrogen (secondary N) is 2. The third-order valence-electron chi connectivity index (χ3n) is 3.86. The Morgan fingerprint density at radius 2 is 2.08 bits per heavy atom. The van der Waals surface area contributed by atoms with Crippen molar-refractivity contribution >= 4 is 11.8 Å². The zero-order chi connectivity index (χ0) is 18.1. The third-order valence-corrected chi connectivity index (χ3v) is 3.86. The first-order valence-electron chi connectivity index (χ1n) is 7.32. The Bertz CT molecular complexity index is 991. The number of nitrogen functional groups attached to an aromatic ring is 1. The van der Waals surface area contributed by atoms with Crippen molar-refractivity contribution in [1.29, 1.82) is 5.26 Å². The molecular weight excluding hydrogens is 322 g/mol. The topological polar surface area (TPSA) is 146 Å². The van der Waals surface area contributed by atoms with Crippen molar-refractivity contribution < 1.29 is 9.53 Å². The maximum Gasteiger partial charge on any atom is 0.356 e. The lowest BCUT2D eigenvalue weighted by atomic mass is 9.98. The quantitative estimate of drug-likeness (QED) is 0.616. The molecule has 0 aliphatic heterocycles. The number of aromatic amines is 2. The van der Waals surface area contributed by atoms with Crippen LogP contribution in [0, 0.1) is 25.2 Å². The number of ether oxygens (including phenoxy) is 1. The number of aromatic nitrogens is 5. The van der Waals surface area contributed by atoms with E-state index in [-0.39, 0.29) is 17.1 Å². The molecule has 0 unspecified atom stereocenters. The Morgan fingerprint density at radius 3 is 2.68 bits per heavy atom. The van der Waals surface area contributed by atoms with Gasteiger partial charge >= 0.3 is 5.97 Å². The van der Waals surface area contributed by atoms with Crippen LogP contribution < -0.4 is 5.73 Å². The molecule has 0 atom stereocenters. The number of rotatable bonds is 3. The van der Waals surface area contributed by atoms with Gasteiger partial charge in [-0.2, -0.15) is 15.5 Å². The van der Waals surface area contributed by atoms with Crippen LogP contribution in [0.25, 0.3) is 22.4 Å². The summed E-state index contributed by atoms with van der Waals surface area (Å²) in [5, 5.41) is 23.0. The summed E-state index contributed by atoms with van der Waals surface area (Å²) in [5.74, 6) is -0.531. The van der Waals surface area contributed by atoms with Crippen molar-refractivity contribution in [2.45, 2.75) is 13.8 Å². The molecule has 3 aromatic rings. The molecule has 4 N–H and O–H groups in total. The number of pyridine rings is 1. The van der Waals surface area contributed by atoms with Crippen molar-refractivity contribution in [2.75, 3.05) is 12.8 Å². The molecule has 0 aromatic carbocycles. The van der Waals surface area contributed by atoms with Crippen molar-refractivity contribution in [2.24, 2.45) is 0 Å². The third kappa shape index (κ3) is 2.59. The molecule has 3 aromatic heterocycles. The van der Waals surface area contributed by atoms with Gasteiger partial charge in [0, 0.05) is 22.4 Å². The number of H-pyrrole nitrogens is 2. The summed E-state index contributed by atoms with van der Waals surface area (Å²) in [6.45, 7) is 3.70. The number of nitriles is 1. The average molecular weight is 337 g/mol. The summed E-state index contributed by atoms with van der Waals surface area (Å²) in [6, 6.07) is 3.72. The van der Waals surface area contributed by atoms with Gasteiger partial charge in [-0.1, -0.05) is 0 Å². The number of nitrogens with zero attached hydrogens (tertiary/aromatic N) is 4. The van der Waals surface area contributed by atoms with Crippen LogP contribution in [0.3, 0.4) is 0 Å². The van der Waals surface area contributed by atoms with Gasteiger partial charge in [-0.05, 0) is 19.9 Å². The molecule has 0 aliphatic carbocycles. The summed E-state index contributed by atoms with van der Waals surface area (Å²) in [5.41, 5.74) is 10.1. The van der Waals surface area contributed by atoms with Gasteiger partial charge < -0.3 is 10.5 Å². The summed E-state index contributed by atoms with van der Waals surface area (Å²) >= 11 is 0. The van der Waals surface area contributed by atoms with Gasteiger partial charge in [0.15, 0.2) is 5.69 Å². The van der Waals surface area contributed by atoms with Crippen LogP contribution in [0.15, 0.2) is 12.3 Å². The number of hydrogen-bond acceptors (Lipinski definition) is 7. The highest BCUT2D eigenvalue weighted by molar-refractivity contribution is 5.97. The summed E-state index contributed by atoms with van der Waals surface area (Å²) in [7, 11) is 1.27. The van der Waals surface area contributed by atoms with Crippen LogP contribution in [-0.4, -0.2) is 38.5 Å². The fraction of sp³-hybridized carbons (Fsp3) is 0.188. The maximum atomic E-state index is 11.9. The van der Waals surface area contributed by atoms with Crippen molar-refractivity contribution in [3.8, 4) is 28.5 Å². The van der Waals surface area contributed by atoms with E-state index in [2.05, 4.69) is 25.4 Å². The predicted octanol–water partition coefficient (Wildman–Crippen LogP) is 1.72. The van der Waals surface area contributed by atoms with Crippen LogP contribution in [0.2, 0.25) is 0 Å². The van der Waals surface area contributed by atoms with E-state index in [1.54, 1.807) is 6.07 Å². The largest absolute Gasteiger partial charge is 0.464 e. The molecule has 0 spiro atoms. The van der Waals surface area contributed by atoms with Crippen molar-refractivity contribution in [3.63, 3.8) is 0 Å². The van der Waals surface area contributed by atoms with Crippen LogP contribution in [0.1, 0.15) is 27.4 Å². The maximum absolute atomic E-state index is 11.9. The molecule has 3 heterocycles. The second-order valence-electron chi connectivity index (χ2n) is 5.39. The number of aryl methyl sites for hydroxylation is 2. The summed E-state index contributed by atoms with van der Waals surface area (Å²) in [4.78, 5) is 16.3. The average Bonchev–Trinajstić information content (AvgIpc) is 3.20. The SMILES string of the molecule is COC(=O)c1[nH]ncc1-c1cc(-c2c(C)n[nH]c2C)nc(N)c1C#N. The van der Waals surface area contributed by atoms with Gasteiger partial charge in [-0.3, -0.25) is 10.2 Å². The van der Waals surface area contributed by atoms with Crippen LogP contribution >= 0.6 is 0 Å². The first-order valence-corrected chi connectivity index (χ1v) is 7.32. The summed E-state index contributed by atoms with van der Waals surface area (Å²) < 4.78 is 4.75. The minimum Gasteiger partial charge on any atom is -0.464 e. The number of methoxy groups -OCH3 is 1. The van der Waals surface area contributed by atoms with Gasteiger partial charge in [0.25, 0.3) is 0 Å². The Hall–Kier alpha value is -3.67. The molecule has 0 bridgehead atoms. The molecule has 126 valence electrons. The van der Waals surface area contributed by atoms with Crippen LogP contribution in [-0.2, 0) is 4.74 Å². The van der Waals surface area contributed by atoms with E-state index in [1.807, 2.05) is 19.9 Å². The van der Waals surface area contributed by atoms with Gasteiger partial charge in [0.1, 0.15) is 17.5 Å². The van der Waals surface area contributed by atoms with E-state index in [4.69, 9.17) is 10.5 Å². The highest BCUT2D eigenvalue weighted by Crippen LogP contribution is 2.34. The van der Waals surface area contributed by atoms with E-state index < -0.39 is 5.97 Å². The zero-order valence-electron chi connectivity index (χ0n) is 13.8. The lowest BCUT2D eigenvalue weighted by Gasteiger charge is -2.10. The lowest BCUT2D eigenvalue weighted by molar-refractivity contribution is 0.0595. The van der Waals surface area contributed by atoms with Crippen molar-refractivity contribution in [3.05, 3.63) is 34.9 Å². The zero-order valence-corrected chi connectivity index (χ0v) is 13.8. The van der Waals surface area contributed by atoms with E-state index >= 15 is 0 Å². The molecule has 9 nitrogen and oxygen atoms in total. The number of carbonyl (C=O) groups is 1. The number of hydrogen-bond donors (Lipinski definition) is 3. The van der Waals surface area contributed by atoms with Gasteiger partial charge in [0.05, 0.1) is 24.7 Å². The predicted molar refractivity (Wildman–Crippen MR) is 89.3 cm³/mol. The smallest absolute Gasteiger partial charge is 0.356 e. The lowest BCUT2D eigenvalue weighted by Crippen LogP contribution is -2.05. The fourth-order valence-electron chi connectivity index (χ4n) is 2.70. The number of carbonyl (C=O) groups excluding carboxylic acids is 1. The van der Waals surface area contributed by atoms with Crippen molar-refractivity contribution in [1.82, 2.24) is 25.4 Å². The molecule has 0 saturated heterocycles. The number of nitrogens with two attached hydrogens (primary N) is 1. The highest BCUT2D eigenvalue weighted by Gasteiger charge is 2.22. The Balaban J connectivity index is 2.29. The minimum atomic E-state index is -0.594. The molecule has 0 amide bonds. The van der Waals surface area contributed by atoms with Gasteiger partial charge in [0.2, 0.25) is 0 Å². The van der Waals surface area contributed by atoms with Gasteiger partial charge in [-0.25, -0.2) is 9.78 Å². The van der Waals surface area contributed by atoms with E-state index in [0.29, 0.717) is 16.8 Å². The van der Waals surface area contributed by atoms with Gasteiger partial charge in [-0.15, -0.1) is 0 Å². The van der Waals surface area contributed by atoms with E-state index in [0.717, 1.165) is 17.0 Å². The highest BCUT2D eigenvalue weighted by atomic mass is 16.5. The first-order chi connectivity index (χ1) is 12.0. The van der Waals surface area contributed by atoms with Crippen LogP contribution in [0.5, 0.6) is 0 Å². The standard InChI is InChI=1S/C16H15N7O2/c1-7-13(8(2)22-21-7)12-4-9(10(5-17)15(18)20-12)11-6-19-23-14(11)16(24)25-3/h4,6H,1-3H3,(H2,18,20)(H,19,23)(H,21,22). The molecule has 0 radical (unpaired) electrons. The monoisotopic (exact) mass is 337 g/mol. The number of esters is 1. The van der Waals surface area contributed by atoms with E-state index in [9.17, 15) is 10.1 Å². The molecule has 3 rings (SSSR count). The molecule has 9 heteroatoms.